The molecular weight excluding hydrogens is 867 g/mol. The molecule has 362 valence electrons. The standard InChI is InChI=1S/C50H63N3O14/c1-8-9-10-11-12-22-29-38(62-45(56)34-23-16-13-17-24-34)37(52-53-51)30-61-48-44(65-47(58)36-27-20-15-21-28-36)43(64-46(57)35-25-18-14-19-26-35)42(60-33-41(55)67-50(5,6)7)39(63-48)31-59-32-40(54)66-49(2,3)4/h13-29,37-39,42-44,48H,8-12,30-33H2,1-7H3/b29-22+/t37-,38+,39+,42-,43-,44+,48+/m0/s1. The average Bonchev–Trinajstić information content (AvgIpc) is 3.28. The second-order valence-corrected chi connectivity index (χ2v) is 17.6. The molecule has 3 aromatic rings. The van der Waals surface area contributed by atoms with E-state index in [2.05, 4.69) is 16.9 Å². The van der Waals surface area contributed by atoms with E-state index in [1.165, 1.54) is 24.3 Å². The Morgan fingerprint density at radius 3 is 1.73 bits per heavy atom. The first-order chi connectivity index (χ1) is 32.0. The summed E-state index contributed by atoms with van der Waals surface area (Å²) in [5.74, 6) is -3.91. The summed E-state index contributed by atoms with van der Waals surface area (Å²) in [6.45, 7) is 10.0. The van der Waals surface area contributed by atoms with Gasteiger partial charge in [0.1, 0.15) is 48.8 Å². The van der Waals surface area contributed by atoms with Crippen LogP contribution in [0.15, 0.2) is 108 Å². The number of hydrogen-bond donors (Lipinski definition) is 0. The number of azide groups is 1. The van der Waals surface area contributed by atoms with E-state index in [4.69, 9.17) is 42.6 Å². The molecule has 0 N–H and O–H groups in total. The van der Waals surface area contributed by atoms with E-state index >= 15 is 0 Å². The molecule has 1 aliphatic heterocycles. The number of hydrogen-bond acceptors (Lipinski definition) is 15. The van der Waals surface area contributed by atoms with Crippen LogP contribution < -0.4 is 0 Å². The minimum absolute atomic E-state index is 0.118. The molecule has 4 rings (SSSR count). The van der Waals surface area contributed by atoms with E-state index in [1.54, 1.807) is 114 Å². The van der Waals surface area contributed by atoms with Crippen LogP contribution >= 0.6 is 0 Å². The summed E-state index contributed by atoms with van der Waals surface area (Å²) in [4.78, 5) is 70.3. The minimum atomic E-state index is -1.66. The molecule has 0 aliphatic carbocycles. The highest BCUT2D eigenvalue weighted by Gasteiger charge is 2.52. The Bertz CT molecular complexity index is 2100. The summed E-state index contributed by atoms with van der Waals surface area (Å²) in [7, 11) is 0. The quantitative estimate of drug-likeness (QED) is 0.0156. The van der Waals surface area contributed by atoms with Gasteiger partial charge in [-0.15, -0.1) is 0 Å². The number of benzene rings is 3. The zero-order valence-corrected chi connectivity index (χ0v) is 39.3. The normalized spacial score (nSPS) is 19.3. The molecule has 1 saturated heterocycles. The molecule has 0 aromatic heterocycles. The molecule has 0 amide bonds. The highest BCUT2D eigenvalue weighted by atomic mass is 16.7. The Morgan fingerprint density at radius 1 is 0.687 bits per heavy atom. The van der Waals surface area contributed by atoms with Crippen molar-refractivity contribution in [3.8, 4) is 0 Å². The lowest BCUT2D eigenvalue weighted by atomic mass is 9.97. The molecule has 3 aromatic carbocycles. The Kier molecular flexibility index (Phi) is 21.5. The predicted octanol–water partition coefficient (Wildman–Crippen LogP) is 8.70. The van der Waals surface area contributed by atoms with Gasteiger partial charge in [-0.05, 0) is 102 Å². The number of nitrogens with zero attached hydrogens (tertiary/aromatic N) is 3. The molecule has 17 nitrogen and oxygen atoms in total. The first-order valence-electron chi connectivity index (χ1n) is 22.4. The summed E-state index contributed by atoms with van der Waals surface area (Å²) in [5, 5.41) is 3.96. The Labute approximate surface area is 391 Å². The Balaban J connectivity index is 1.79. The number of unbranched alkanes of at least 4 members (excludes halogenated alkanes) is 4. The molecule has 0 bridgehead atoms. The highest BCUT2D eigenvalue weighted by Crippen LogP contribution is 2.32. The Morgan fingerprint density at radius 2 is 1.21 bits per heavy atom. The number of carbonyl (C=O) groups excluding carboxylic acids is 5. The van der Waals surface area contributed by atoms with E-state index in [0.29, 0.717) is 6.42 Å². The van der Waals surface area contributed by atoms with Crippen molar-refractivity contribution in [3.63, 3.8) is 0 Å². The van der Waals surface area contributed by atoms with Gasteiger partial charge in [0.2, 0.25) is 0 Å². The lowest BCUT2D eigenvalue weighted by Crippen LogP contribution is -2.63. The fourth-order valence-electron chi connectivity index (χ4n) is 6.69. The monoisotopic (exact) mass is 929 g/mol. The predicted molar refractivity (Wildman–Crippen MR) is 245 cm³/mol. The Hall–Kier alpha value is -6.10. The second-order valence-electron chi connectivity index (χ2n) is 17.6. The lowest BCUT2D eigenvalue weighted by Gasteiger charge is -2.45. The van der Waals surface area contributed by atoms with Gasteiger partial charge in [0.15, 0.2) is 18.5 Å². The van der Waals surface area contributed by atoms with Gasteiger partial charge < -0.3 is 42.6 Å². The maximum absolute atomic E-state index is 14.0. The molecule has 67 heavy (non-hydrogen) atoms. The van der Waals surface area contributed by atoms with Gasteiger partial charge in [-0.1, -0.05) is 92.0 Å². The number of allylic oxidation sites excluding steroid dienone is 1. The zero-order chi connectivity index (χ0) is 48.8. The van der Waals surface area contributed by atoms with Crippen LogP contribution in [0.2, 0.25) is 0 Å². The van der Waals surface area contributed by atoms with Crippen LogP contribution in [-0.2, 0) is 52.2 Å². The highest BCUT2D eigenvalue weighted by molar-refractivity contribution is 5.91. The average molecular weight is 930 g/mol. The number of rotatable bonds is 24. The van der Waals surface area contributed by atoms with Crippen molar-refractivity contribution in [2.75, 3.05) is 26.4 Å². The summed E-state index contributed by atoms with van der Waals surface area (Å²) in [6, 6.07) is 23.0. The van der Waals surface area contributed by atoms with E-state index in [-0.39, 0.29) is 16.7 Å². The third-order valence-electron chi connectivity index (χ3n) is 9.65. The van der Waals surface area contributed by atoms with Crippen molar-refractivity contribution in [1.82, 2.24) is 0 Å². The smallest absolute Gasteiger partial charge is 0.338 e. The molecule has 0 saturated carbocycles. The first kappa shape index (κ1) is 53.5. The van der Waals surface area contributed by atoms with Gasteiger partial charge in [-0.3, -0.25) is 0 Å². The van der Waals surface area contributed by atoms with Crippen molar-refractivity contribution in [2.24, 2.45) is 5.11 Å². The molecule has 7 atom stereocenters. The van der Waals surface area contributed by atoms with Gasteiger partial charge in [-0.25, -0.2) is 24.0 Å². The third-order valence-corrected chi connectivity index (χ3v) is 9.65. The fraction of sp³-hybridized carbons (Fsp3) is 0.500. The van der Waals surface area contributed by atoms with Gasteiger partial charge in [-0.2, -0.15) is 0 Å². The summed E-state index contributed by atoms with van der Waals surface area (Å²) in [5.41, 5.74) is 8.59. The summed E-state index contributed by atoms with van der Waals surface area (Å²) < 4.78 is 53.9. The van der Waals surface area contributed by atoms with Crippen molar-refractivity contribution >= 4 is 29.8 Å². The molecule has 1 aliphatic rings. The molecule has 0 spiro atoms. The fourth-order valence-corrected chi connectivity index (χ4v) is 6.69. The van der Waals surface area contributed by atoms with Crippen LogP contribution in [-0.4, -0.2) is 110 Å². The van der Waals surface area contributed by atoms with E-state index in [1.807, 2.05) is 6.08 Å². The van der Waals surface area contributed by atoms with Crippen LogP contribution in [0.1, 0.15) is 112 Å². The van der Waals surface area contributed by atoms with E-state index in [9.17, 15) is 29.5 Å². The topological polar surface area (TPSA) is 217 Å². The third kappa shape index (κ3) is 19.0. The maximum Gasteiger partial charge on any atom is 0.338 e. The number of ether oxygens (including phenoxy) is 9. The molecular formula is C50H63N3O14. The summed E-state index contributed by atoms with van der Waals surface area (Å²) >= 11 is 0. The van der Waals surface area contributed by atoms with E-state index < -0.39 is 110 Å². The molecule has 0 radical (unpaired) electrons. The van der Waals surface area contributed by atoms with Crippen molar-refractivity contribution < 1.29 is 66.6 Å². The van der Waals surface area contributed by atoms with Crippen molar-refractivity contribution in [2.45, 2.75) is 135 Å². The van der Waals surface area contributed by atoms with Crippen LogP contribution in [0.4, 0.5) is 0 Å². The molecule has 1 fully saturated rings. The van der Waals surface area contributed by atoms with Gasteiger partial charge in [0.05, 0.1) is 29.9 Å². The van der Waals surface area contributed by atoms with Gasteiger partial charge in [0.25, 0.3) is 0 Å². The first-order valence-corrected chi connectivity index (χ1v) is 22.4. The van der Waals surface area contributed by atoms with Crippen LogP contribution in [0.5, 0.6) is 0 Å². The van der Waals surface area contributed by atoms with Gasteiger partial charge >= 0.3 is 29.8 Å². The zero-order valence-electron chi connectivity index (χ0n) is 39.3. The molecule has 1 heterocycles. The molecule has 17 heteroatoms. The van der Waals surface area contributed by atoms with Crippen molar-refractivity contribution in [1.29, 1.82) is 0 Å². The summed E-state index contributed by atoms with van der Waals surface area (Å²) in [6.07, 6.45) is -0.778. The number of esters is 5. The van der Waals surface area contributed by atoms with Crippen LogP contribution in [0, 0.1) is 0 Å². The maximum atomic E-state index is 14.0. The largest absolute Gasteiger partial charge is 0.458 e. The van der Waals surface area contributed by atoms with Gasteiger partial charge in [0, 0.05) is 4.91 Å². The van der Waals surface area contributed by atoms with Crippen molar-refractivity contribution in [3.05, 3.63) is 130 Å². The number of carbonyl (C=O) groups is 5. The molecule has 0 unspecified atom stereocenters. The van der Waals surface area contributed by atoms with Crippen LogP contribution in [0.25, 0.3) is 10.4 Å². The van der Waals surface area contributed by atoms with E-state index in [0.717, 1.165) is 25.7 Å². The minimum Gasteiger partial charge on any atom is -0.458 e. The lowest BCUT2D eigenvalue weighted by molar-refractivity contribution is -0.308. The second kappa shape index (κ2) is 26.9. The van der Waals surface area contributed by atoms with Crippen LogP contribution in [0.3, 0.4) is 0 Å². The SMILES string of the molecule is CCCCCC/C=C/[C@@H](OC(=O)c1ccccc1)[C@H](CO[C@@H]1O[C@H](COCC(=O)OC(C)(C)C)[C@H](OCC(=O)OC(C)(C)C)[C@H](OC(=O)c2ccccc2)[C@H]1OC(=O)c1ccccc1)N=[N+]=[N-].